The molecule has 0 atom stereocenters. The minimum Gasteiger partial charge on any atom is -0.497 e. The van der Waals surface area contributed by atoms with Crippen molar-refractivity contribution in [1.29, 1.82) is 0 Å². The monoisotopic (exact) mass is 375 g/mol. The van der Waals surface area contributed by atoms with Gasteiger partial charge in [0, 0.05) is 16.8 Å². The molecule has 1 aromatic heterocycles. The molecule has 0 saturated heterocycles. The van der Waals surface area contributed by atoms with Crippen LogP contribution in [0.3, 0.4) is 0 Å². The van der Waals surface area contributed by atoms with Crippen LogP contribution in [0.2, 0.25) is 0 Å². The van der Waals surface area contributed by atoms with Gasteiger partial charge in [0.25, 0.3) is 0 Å². The Kier molecular flexibility index (Phi) is 5.78. The predicted molar refractivity (Wildman–Crippen MR) is 103 cm³/mol. The molecule has 1 heterocycles. The molecule has 0 aliphatic heterocycles. The third kappa shape index (κ3) is 4.29. The Morgan fingerprint density at radius 2 is 1.67 bits per heavy atom. The summed E-state index contributed by atoms with van der Waals surface area (Å²) in [5, 5.41) is 0.823. The molecule has 2 aromatic carbocycles. The molecule has 0 fully saturated rings. The van der Waals surface area contributed by atoms with Gasteiger partial charge in [-0.15, -0.1) is 0 Å². The molecular formula is C22H24F3NO. The molecule has 27 heavy (non-hydrogen) atoms. The number of fused-ring (bicyclic) bond motifs is 1. The highest BCUT2D eigenvalue weighted by molar-refractivity contribution is 5.84. The highest BCUT2D eigenvalue weighted by Crippen LogP contribution is 2.34. The van der Waals surface area contributed by atoms with Crippen molar-refractivity contribution in [2.75, 3.05) is 7.11 Å². The van der Waals surface area contributed by atoms with E-state index in [-0.39, 0.29) is 0 Å². The third-order valence-corrected chi connectivity index (χ3v) is 4.83. The molecule has 0 amide bonds. The molecule has 144 valence electrons. The fourth-order valence-corrected chi connectivity index (χ4v) is 3.39. The summed E-state index contributed by atoms with van der Waals surface area (Å²) in [7, 11) is 1.59. The first-order chi connectivity index (χ1) is 12.9. The molecule has 0 aliphatic carbocycles. The van der Waals surface area contributed by atoms with Gasteiger partial charge in [0.1, 0.15) is 5.75 Å². The quantitative estimate of drug-likeness (QED) is 0.415. The number of nitrogens with zero attached hydrogens (tertiary/aromatic N) is 1. The van der Waals surface area contributed by atoms with Gasteiger partial charge in [-0.05, 0) is 55.3 Å². The molecule has 3 aromatic rings. The zero-order valence-corrected chi connectivity index (χ0v) is 15.6. The lowest BCUT2D eigenvalue weighted by Crippen LogP contribution is -2.05. The Labute approximate surface area is 157 Å². The van der Waals surface area contributed by atoms with Crippen molar-refractivity contribution in [3.63, 3.8) is 0 Å². The number of methoxy groups -OCH3 is 1. The van der Waals surface area contributed by atoms with Crippen LogP contribution in [0.5, 0.6) is 5.75 Å². The van der Waals surface area contributed by atoms with E-state index in [0.717, 1.165) is 54.3 Å². The number of hydrogen-bond donors (Lipinski definition) is 0. The van der Waals surface area contributed by atoms with Gasteiger partial charge in [0.2, 0.25) is 0 Å². The lowest BCUT2D eigenvalue weighted by Gasteiger charge is -2.13. The molecule has 0 N–H and O–H groups in total. The van der Waals surface area contributed by atoms with Gasteiger partial charge >= 0.3 is 6.18 Å². The van der Waals surface area contributed by atoms with E-state index in [1.54, 1.807) is 13.2 Å². The molecule has 0 aliphatic rings. The van der Waals surface area contributed by atoms with Gasteiger partial charge in [0.15, 0.2) is 0 Å². The Morgan fingerprint density at radius 3 is 2.30 bits per heavy atom. The molecular weight excluding hydrogens is 351 g/mol. The normalized spacial score (nSPS) is 11.9. The first-order valence-corrected chi connectivity index (χ1v) is 9.30. The fraction of sp³-hybridized carbons (Fsp3) is 0.364. The minimum absolute atomic E-state index is 0.584. The summed E-state index contributed by atoms with van der Waals surface area (Å²) in [6.45, 7) is 2.16. The summed E-state index contributed by atoms with van der Waals surface area (Å²) in [6.07, 6.45) is 0.935. The van der Waals surface area contributed by atoms with Crippen LogP contribution in [0.1, 0.15) is 43.9 Å². The number of aryl methyl sites for hydroxylation is 1. The highest BCUT2D eigenvalue weighted by atomic mass is 19.4. The van der Waals surface area contributed by atoms with E-state index in [9.17, 15) is 13.2 Å². The highest BCUT2D eigenvalue weighted by Gasteiger charge is 2.31. The van der Waals surface area contributed by atoms with Crippen LogP contribution in [0, 0.1) is 0 Å². The SMILES string of the molecule is CCCCCCc1cc2ccc(C(F)(F)F)cc2n1-c1ccc(OC)cc1. The molecule has 0 radical (unpaired) electrons. The second kappa shape index (κ2) is 8.07. The summed E-state index contributed by atoms with van der Waals surface area (Å²) in [5.74, 6) is 0.718. The van der Waals surface area contributed by atoms with E-state index in [4.69, 9.17) is 4.74 Å². The van der Waals surface area contributed by atoms with Gasteiger partial charge in [0.05, 0.1) is 18.2 Å². The van der Waals surface area contributed by atoms with Gasteiger partial charge < -0.3 is 9.30 Å². The van der Waals surface area contributed by atoms with Crippen LogP contribution in [-0.2, 0) is 12.6 Å². The van der Waals surface area contributed by atoms with Crippen molar-refractivity contribution < 1.29 is 17.9 Å². The molecule has 5 heteroatoms. The first kappa shape index (κ1) is 19.3. The number of aromatic nitrogens is 1. The summed E-state index contributed by atoms with van der Waals surface area (Å²) < 4.78 is 46.8. The van der Waals surface area contributed by atoms with E-state index in [1.165, 1.54) is 12.5 Å². The number of ether oxygens (including phenoxy) is 1. The molecule has 2 nitrogen and oxygen atoms in total. The first-order valence-electron chi connectivity index (χ1n) is 9.30. The van der Waals surface area contributed by atoms with E-state index in [1.807, 2.05) is 34.9 Å². The van der Waals surface area contributed by atoms with Crippen LogP contribution < -0.4 is 4.74 Å². The Morgan fingerprint density at radius 1 is 0.926 bits per heavy atom. The second-order valence-electron chi connectivity index (χ2n) is 6.75. The van der Waals surface area contributed by atoms with Crippen molar-refractivity contribution in [2.24, 2.45) is 0 Å². The lowest BCUT2D eigenvalue weighted by molar-refractivity contribution is -0.137. The summed E-state index contributed by atoms with van der Waals surface area (Å²) in [5.41, 5.74) is 1.84. The smallest absolute Gasteiger partial charge is 0.416 e. The van der Waals surface area contributed by atoms with Crippen molar-refractivity contribution in [3.8, 4) is 11.4 Å². The second-order valence-corrected chi connectivity index (χ2v) is 6.75. The van der Waals surface area contributed by atoms with Crippen LogP contribution >= 0.6 is 0 Å². The van der Waals surface area contributed by atoms with Gasteiger partial charge in [-0.2, -0.15) is 13.2 Å². The maximum atomic E-state index is 13.2. The molecule has 0 unspecified atom stereocenters. The van der Waals surface area contributed by atoms with E-state index < -0.39 is 11.7 Å². The zero-order valence-electron chi connectivity index (χ0n) is 15.6. The largest absolute Gasteiger partial charge is 0.497 e. The number of hydrogen-bond acceptors (Lipinski definition) is 1. The Hall–Kier alpha value is -2.43. The maximum absolute atomic E-state index is 13.2. The zero-order chi connectivity index (χ0) is 19.4. The van der Waals surface area contributed by atoms with Crippen molar-refractivity contribution >= 4 is 10.9 Å². The fourth-order valence-electron chi connectivity index (χ4n) is 3.39. The van der Waals surface area contributed by atoms with Crippen molar-refractivity contribution in [2.45, 2.75) is 45.2 Å². The van der Waals surface area contributed by atoms with Crippen LogP contribution in [0.25, 0.3) is 16.6 Å². The number of rotatable bonds is 7. The molecule has 0 spiro atoms. The molecule has 0 saturated carbocycles. The molecule has 3 rings (SSSR count). The number of halogens is 3. The van der Waals surface area contributed by atoms with Gasteiger partial charge in [-0.1, -0.05) is 32.3 Å². The predicted octanol–water partition coefficient (Wildman–Crippen LogP) is 6.78. The summed E-state index contributed by atoms with van der Waals surface area (Å²) in [4.78, 5) is 0. The van der Waals surface area contributed by atoms with Crippen LogP contribution in [-0.4, -0.2) is 11.7 Å². The topological polar surface area (TPSA) is 14.2 Å². The van der Waals surface area contributed by atoms with Gasteiger partial charge in [-0.3, -0.25) is 0 Å². The Balaban J connectivity index is 2.08. The summed E-state index contributed by atoms with van der Waals surface area (Å²) in [6, 6.07) is 13.4. The van der Waals surface area contributed by atoms with Crippen molar-refractivity contribution in [3.05, 3.63) is 59.8 Å². The average Bonchev–Trinajstić information content (AvgIpc) is 3.02. The summed E-state index contributed by atoms with van der Waals surface area (Å²) >= 11 is 0. The van der Waals surface area contributed by atoms with Gasteiger partial charge in [-0.25, -0.2) is 0 Å². The number of alkyl halides is 3. The van der Waals surface area contributed by atoms with Crippen LogP contribution in [0.4, 0.5) is 13.2 Å². The number of unbranched alkanes of at least 4 members (excludes halogenated alkanes) is 3. The van der Waals surface area contributed by atoms with E-state index >= 15 is 0 Å². The number of benzene rings is 2. The maximum Gasteiger partial charge on any atom is 0.416 e. The standard InChI is InChI=1S/C22H24F3NO/c1-3-4-5-6-7-19-14-16-8-9-17(22(23,24)25)15-21(16)26(19)18-10-12-20(27-2)13-11-18/h8-15H,3-7H2,1-2H3. The van der Waals surface area contributed by atoms with Crippen molar-refractivity contribution in [1.82, 2.24) is 4.57 Å². The molecule has 0 bridgehead atoms. The lowest BCUT2D eigenvalue weighted by atomic mass is 10.1. The average molecular weight is 375 g/mol. The van der Waals surface area contributed by atoms with E-state index in [0.29, 0.717) is 5.52 Å². The third-order valence-electron chi connectivity index (χ3n) is 4.83. The minimum atomic E-state index is -4.36. The van der Waals surface area contributed by atoms with Crippen LogP contribution in [0.15, 0.2) is 48.5 Å². The Bertz CT molecular complexity index is 894. The van der Waals surface area contributed by atoms with E-state index in [2.05, 4.69) is 6.92 Å².